The number of benzene rings is 1. The average Bonchev–Trinajstić information content (AvgIpc) is 3.18. The van der Waals surface area contributed by atoms with Crippen molar-refractivity contribution in [2.45, 2.75) is 40.2 Å². The molecule has 0 fully saturated rings. The van der Waals surface area contributed by atoms with Crippen LogP contribution in [0, 0.1) is 20.8 Å². The van der Waals surface area contributed by atoms with Gasteiger partial charge in [-0.25, -0.2) is 4.98 Å². The molecule has 130 valence electrons. The Morgan fingerprint density at radius 1 is 1.28 bits per heavy atom. The van der Waals surface area contributed by atoms with E-state index in [1.807, 2.05) is 39.0 Å². The van der Waals surface area contributed by atoms with Gasteiger partial charge >= 0.3 is 0 Å². The summed E-state index contributed by atoms with van der Waals surface area (Å²) in [4.78, 5) is 22.6. The Morgan fingerprint density at radius 3 is 2.68 bits per heavy atom. The number of thiazole rings is 1. The number of aryl methyl sites for hydroxylation is 3. The Morgan fingerprint density at radius 2 is 2.08 bits per heavy atom. The van der Waals surface area contributed by atoms with Crippen molar-refractivity contribution in [3.8, 4) is 10.6 Å². The number of aromatic nitrogens is 3. The molecule has 6 nitrogen and oxygen atoms in total. The lowest BCUT2D eigenvalue weighted by Gasteiger charge is -2.13. The molecule has 2 aromatic heterocycles. The number of hydrogen-bond acceptors (Lipinski definition) is 6. The second kappa shape index (κ2) is 7.14. The zero-order valence-electron chi connectivity index (χ0n) is 14.7. The van der Waals surface area contributed by atoms with E-state index < -0.39 is 0 Å². The molecular weight excluding hydrogens is 336 g/mol. The van der Waals surface area contributed by atoms with Crippen LogP contribution in [0.2, 0.25) is 0 Å². The maximum Gasteiger partial charge on any atom is 0.251 e. The van der Waals surface area contributed by atoms with Gasteiger partial charge in [-0.1, -0.05) is 24.2 Å². The van der Waals surface area contributed by atoms with Gasteiger partial charge in [0, 0.05) is 16.0 Å². The fraction of sp³-hybridized carbons (Fsp3) is 0.333. The van der Waals surface area contributed by atoms with E-state index in [1.165, 1.54) is 4.88 Å². The fourth-order valence-electron chi connectivity index (χ4n) is 2.42. The molecular formula is C18H20N4O2S. The highest BCUT2D eigenvalue weighted by atomic mass is 32.1. The molecule has 1 N–H and O–H groups in total. The first kappa shape index (κ1) is 17.3. The molecule has 2 heterocycles. The largest absolute Gasteiger partial charge is 0.340 e. The van der Waals surface area contributed by atoms with Gasteiger partial charge in [0.05, 0.1) is 5.69 Å². The monoisotopic (exact) mass is 356 g/mol. The van der Waals surface area contributed by atoms with Crippen molar-refractivity contribution in [2.24, 2.45) is 0 Å². The molecule has 25 heavy (non-hydrogen) atoms. The Hall–Kier alpha value is -2.54. The third-order valence-electron chi connectivity index (χ3n) is 3.96. The highest BCUT2D eigenvalue weighted by Gasteiger charge is 2.20. The predicted octanol–water partition coefficient (Wildman–Crippen LogP) is 4.00. The summed E-state index contributed by atoms with van der Waals surface area (Å²) in [6.07, 6.45) is 0.665. The lowest BCUT2D eigenvalue weighted by atomic mass is 10.1. The maximum absolute atomic E-state index is 12.6. The molecule has 1 amide bonds. The van der Waals surface area contributed by atoms with E-state index in [0.717, 1.165) is 16.3 Å². The summed E-state index contributed by atoms with van der Waals surface area (Å²) in [6, 6.07) is 7.18. The molecule has 0 radical (unpaired) electrons. The highest BCUT2D eigenvalue weighted by Crippen LogP contribution is 2.28. The number of rotatable bonds is 5. The van der Waals surface area contributed by atoms with Crippen LogP contribution in [-0.4, -0.2) is 21.0 Å². The molecule has 3 rings (SSSR count). The van der Waals surface area contributed by atoms with Gasteiger partial charge in [-0.05, 0) is 39.3 Å². The minimum atomic E-state index is -0.304. The van der Waals surface area contributed by atoms with E-state index in [4.69, 9.17) is 4.52 Å². The minimum Gasteiger partial charge on any atom is -0.340 e. The van der Waals surface area contributed by atoms with E-state index in [2.05, 4.69) is 20.4 Å². The summed E-state index contributed by atoms with van der Waals surface area (Å²) in [5.41, 5.74) is 2.54. The summed E-state index contributed by atoms with van der Waals surface area (Å²) in [6.45, 7) is 7.75. The zero-order valence-corrected chi connectivity index (χ0v) is 15.5. The molecule has 1 atom stereocenters. The van der Waals surface area contributed by atoms with Gasteiger partial charge in [-0.2, -0.15) is 4.98 Å². The van der Waals surface area contributed by atoms with Crippen LogP contribution in [0.1, 0.15) is 52.0 Å². The van der Waals surface area contributed by atoms with E-state index in [-0.39, 0.29) is 11.9 Å². The van der Waals surface area contributed by atoms with Crippen molar-refractivity contribution < 1.29 is 9.32 Å². The van der Waals surface area contributed by atoms with Crippen LogP contribution in [0.3, 0.4) is 0 Å². The quantitative estimate of drug-likeness (QED) is 0.747. The topological polar surface area (TPSA) is 80.9 Å². The van der Waals surface area contributed by atoms with Gasteiger partial charge in [0.25, 0.3) is 5.91 Å². The van der Waals surface area contributed by atoms with Crippen LogP contribution >= 0.6 is 11.3 Å². The van der Waals surface area contributed by atoms with E-state index >= 15 is 0 Å². The van der Waals surface area contributed by atoms with Crippen molar-refractivity contribution in [3.05, 3.63) is 52.1 Å². The predicted molar refractivity (Wildman–Crippen MR) is 96.6 cm³/mol. The third-order valence-corrected chi connectivity index (χ3v) is 5.08. The van der Waals surface area contributed by atoms with Gasteiger partial charge in [-0.3, -0.25) is 4.79 Å². The second-order valence-electron chi connectivity index (χ2n) is 5.86. The molecule has 1 aromatic carbocycles. The van der Waals surface area contributed by atoms with Crippen LogP contribution in [0.5, 0.6) is 0 Å². The molecule has 0 aliphatic heterocycles. The Bertz CT molecular complexity index is 881. The summed E-state index contributed by atoms with van der Waals surface area (Å²) in [5.74, 6) is 0.810. The number of nitrogens with zero attached hydrogens (tertiary/aromatic N) is 3. The molecule has 0 bridgehead atoms. The Balaban J connectivity index is 1.81. The van der Waals surface area contributed by atoms with Crippen molar-refractivity contribution in [1.29, 1.82) is 0 Å². The molecule has 3 aromatic rings. The smallest absolute Gasteiger partial charge is 0.251 e. The first-order chi connectivity index (χ1) is 12.0. The molecule has 0 spiro atoms. The molecule has 0 saturated heterocycles. The van der Waals surface area contributed by atoms with Crippen LogP contribution in [-0.2, 0) is 0 Å². The first-order valence-corrected chi connectivity index (χ1v) is 8.95. The number of hydrogen-bond donors (Lipinski definition) is 1. The summed E-state index contributed by atoms with van der Waals surface area (Å²) in [5, 5.41) is 7.66. The van der Waals surface area contributed by atoms with Crippen molar-refractivity contribution in [2.75, 3.05) is 0 Å². The molecule has 0 aliphatic carbocycles. The van der Waals surface area contributed by atoms with Crippen LogP contribution in [0.25, 0.3) is 10.6 Å². The van der Waals surface area contributed by atoms with Gasteiger partial charge in [-0.15, -0.1) is 11.3 Å². The lowest BCUT2D eigenvalue weighted by molar-refractivity contribution is 0.0927. The maximum atomic E-state index is 12.6. The van der Waals surface area contributed by atoms with Crippen LogP contribution in [0.4, 0.5) is 0 Å². The second-order valence-corrected chi connectivity index (χ2v) is 7.06. The van der Waals surface area contributed by atoms with Gasteiger partial charge in [0.2, 0.25) is 5.89 Å². The lowest BCUT2D eigenvalue weighted by Crippen LogP contribution is -2.28. The Kier molecular flexibility index (Phi) is 4.94. The number of carbonyl (C=O) groups is 1. The van der Waals surface area contributed by atoms with E-state index in [0.29, 0.717) is 23.7 Å². The molecule has 0 unspecified atom stereocenters. The summed E-state index contributed by atoms with van der Waals surface area (Å²) >= 11 is 1.63. The van der Waals surface area contributed by atoms with Crippen LogP contribution < -0.4 is 5.32 Å². The standard InChI is InChI=1S/C18H20N4O2S/c1-5-15(17-20-12(4)22-24-17)21-16(23)13-7-6-8-14(9-13)18-19-10(2)11(3)25-18/h6-9,15H,5H2,1-4H3,(H,21,23)/t15-/m1/s1. The van der Waals surface area contributed by atoms with Gasteiger partial charge in [0.1, 0.15) is 11.0 Å². The molecule has 0 aliphatic rings. The highest BCUT2D eigenvalue weighted by molar-refractivity contribution is 7.15. The Labute approximate surface area is 150 Å². The zero-order chi connectivity index (χ0) is 18.0. The fourth-order valence-corrected chi connectivity index (χ4v) is 3.34. The van der Waals surface area contributed by atoms with Gasteiger partial charge in [0.15, 0.2) is 5.82 Å². The third kappa shape index (κ3) is 3.76. The average molecular weight is 356 g/mol. The van der Waals surface area contributed by atoms with E-state index in [9.17, 15) is 4.79 Å². The van der Waals surface area contributed by atoms with Crippen molar-refractivity contribution in [3.63, 3.8) is 0 Å². The SMILES string of the molecule is CC[C@@H](NC(=O)c1cccc(-c2nc(C)c(C)s2)c1)c1nc(C)no1. The van der Waals surface area contributed by atoms with E-state index in [1.54, 1.807) is 24.3 Å². The molecule has 7 heteroatoms. The number of nitrogens with one attached hydrogen (secondary N) is 1. The first-order valence-electron chi connectivity index (χ1n) is 8.13. The molecule has 0 saturated carbocycles. The summed E-state index contributed by atoms with van der Waals surface area (Å²) in [7, 11) is 0. The van der Waals surface area contributed by atoms with Crippen molar-refractivity contribution in [1.82, 2.24) is 20.4 Å². The van der Waals surface area contributed by atoms with Gasteiger partial charge < -0.3 is 9.84 Å². The summed E-state index contributed by atoms with van der Waals surface area (Å²) < 4.78 is 5.18. The van der Waals surface area contributed by atoms with Crippen molar-refractivity contribution >= 4 is 17.2 Å². The number of carbonyl (C=O) groups excluding carboxylic acids is 1. The number of amides is 1. The normalized spacial score (nSPS) is 12.2. The van der Waals surface area contributed by atoms with Crippen LogP contribution in [0.15, 0.2) is 28.8 Å². The minimum absolute atomic E-state index is 0.172.